The minimum absolute atomic E-state index is 0.288. The van der Waals surface area contributed by atoms with Gasteiger partial charge in [-0.15, -0.1) is 11.3 Å². The molecule has 4 rings (SSSR count). The van der Waals surface area contributed by atoms with Gasteiger partial charge in [0.05, 0.1) is 5.39 Å². The molecule has 0 aliphatic rings. The van der Waals surface area contributed by atoms with Crippen LogP contribution in [0.1, 0.15) is 0 Å². The van der Waals surface area contributed by atoms with Gasteiger partial charge in [-0.3, -0.25) is 0 Å². The summed E-state index contributed by atoms with van der Waals surface area (Å²) < 4.78 is 14.5. The van der Waals surface area contributed by atoms with Crippen molar-refractivity contribution in [3.8, 4) is 11.1 Å². The average molecular weight is 400 g/mol. The van der Waals surface area contributed by atoms with Gasteiger partial charge in [-0.05, 0) is 35.9 Å². The quantitative estimate of drug-likeness (QED) is 0.458. The summed E-state index contributed by atoms with van der Waals surface area (Å²) in [4.78, 5) is 9.60. The van der Waals surface area contributed by atoms with Crippen molar-refractivity contribution in [1.29, 1.82) is 0 Å². The lowest BCUT2D eigenvalue weighted by atomic mass is 10.1. The third-order valence-corrected chi connectivity index (χ3v) is 5.03. The Morgan fingerprint density at radius 3 is 2.67 bits per heavy atom. The molecule has 0 saturated carbocycles. The zero-order valence-corrected chi connectivity index (χ0v) is 14.7. The number of hydrogen-bond donors (Lipinski definition) is 1. The van der Waals surface area contributed by atoms with Crippen LogP contribution in [-0.4, -0.2) is 9.97 Å². The molecule has 0 aliphatic carbocycles. The molecule has 0 fully saturated rings. The molecule has 2 aromatic carbocycles. The van der Waals surface area contributed by atoms with Crippen LogP contribution in [0, 0.1) is 5.82 Å². The highest BCUT2D eigenvalue weighted by Gasteiger charge is 2.13. The van der Waals surface area contributed by atoms with Crippen molar-refractivity contribution in [1.82, 2.24) is 9.97 Å². The lowest BCUT2D eigenvalue weighted by Crippen LogP contribution is -1.95. The van der Waals surface area contributed by atoms with E-state index < -0.39 is 0 Å². The van der Waals surface area contributed by atoms with E-state index >= 15 is 0 Å². The van der Waals surface area contributed by atoms with E-state index in [0.717, 1.165) is 25.8 Å². The molecule has 0 spiro atoms. The first-order chi connectivity index (χ1) is 11.7. The third-order valence-electron chi connectivity index (χ3n) is 3.61. The van der Waals surface area contributed by atoms with Crippen molar-refractivity contribution in [2.75, 3.05) is 5.32 Å². The van der Waals surface area contributed by atoms with Crippen molar-refractivity contribution in [2.45, 2.75) is 0 Å². The van der Waals surface area contributed by atoms with Gasteiger partial charge >= 0.3 is 0 Å². The standard InChI is InChI=1S/C18H11BrFN3S/c19-12-6-4-11(5-7-12)15-9-24-18-16(15)17(21-10-22-18)23-14-3-1-2-13(20)8-14/h1-10H,(H,21,22,23). The molecule has 0 bridgehead atoms. The van der Waals surface area contributed by atoms with Crippen molar-refractivity contribution in [3.63, 3.8) is 0 Å². The molecular formula is C18H11BrFN3S. The number of rotatable bonds is 3. The normalized spacial score (nSPS) is 10.9. The Morgan fingerprint density at radius 2 is 1.88 bits per heavy atom. The largest absolute Gasteiger partial charge is 0.339 e. The van der Waals surface area contributed by atoms with E-state index in [4.69, 9.17) is 0 Å². The van der Waals surface area contributed by atoms with Gasteiger partial charge in [0.2, 0.25) is 0 Å². The van der Waals surface area contributed by atoms with E-state index in [2.05, 4.69) is 36.6 Å². The molecule has 0 amide bonds. The first-order valence-corrected chi connectivity index (χ1v) is 8.89. The summed E-state index contributed by atoms with van der Waals surface area (Å²) in [6, 6.07) is 14.4. The SMILES string of the molecule is Fc1cccc(Nc2ncnc3scc(-c4ccc(Br)cc4)c23)c1. The second kappa shape index (κ2) is 6.30. The fourth-order valence-electron chi connectivity index (χ4n) is 2.51. The Labute approximate surface area is 150 Å². The van der Waals surface area contributed by atoms with Crippen LogP contribution in [-0.2, 0) is 0 Å². The number of thiophene rings is 1. The molecule has 24 heavy (non-hydrogen) atoms. The van der Waals surface area contributed by atoms with E-state index in [9.17, 15) is 4.39 Å². The highest BCUT2D eigenvalue weighted by Crippen LogP contribution is 2.37. The molecule has 118 valence electrons. The molecule has 6 heteroatoms. The van der Waals surface area contributed by atoms with Gasteiger partial charge in [0, 0.05) is 21.1 Å². The summed E-state index contributed by atoms with van der Waals surface area (Å²) in [7, 11) is 0. The van der Waals surface area contributed by atoms with Crippen LogP contribution in [0.3, 0.4) is 0 Å². The van der Waals surface area contributed by atoms with Gasteiger partial charge in [0.25, 0.3) is 0 Å². The molecule has 3 nitrogen and oxygen atoms in total. The second-order valence-corrected chi connectivity index (χ2v) is 6.97. The van der Waals surface area contributed by atoms with Crippen LogP contribution in [0.5, 0.6) is 0 Å². The lowest BCUT2D eigenvalue weighted by Gasteiger charge is -2.08. The van der Waals surface area contributed by atoms with Crippen LogP contribution in [0.25, 0.3) is 21.3 Å². The number of nitrogens with zero attached hydrogens (tertiary/aromatic N) is 2. The van der Waals surface area contributed by atoms with Crippen LogP contribution in [0.2, 0.25) is 0 Å². The maximum atomic E-state index is 13.4. The first-order valence-electron chi connectivity index (χ1n) is 7.21. The fourth-order valence-corrected chi connectivity index (χ4v) is 3.69. The predicted molar refractivity (Wildman–Crippen MR) is 100 cm³/mol. The Kier molecular flexibility index (Phi) is 4.00. The average Bonchev–Trinajstić information content (AvgIpc) is 3.01. The molecule has 0 saturated heterocycles. The van der Waals surface area contributed by atoms with E-state index in [-0.39, 0.29) is 5.82 Å². The number of nitrogens with one attached hydrogen (secondary N) is 1. The Morgan fingerprint density at radius 1 is 1.04 bits per heavy atom. The summed E-state index contributed by atoms with van der Waals surface area (Å²) in [5.41, 5.74) is 2.80. The Bertz CT molecular complexity index is 1010. The summed E-state index contributed by atoms with van der Waals surface area (Å²) >= 11 is 5.02. The minimum Gasteiger partial charge on any atom is -0.339 e. The third kappa shape index (κ3) is 2.90. The zero-order valence-electron chi connectivity index (χ0n) is 12.3. The molecule has 2 aromatic heterocycles. The number of anilines is 2. The van der Waals surface area contributed by atoms with E-state index in [1.54, 1.807) is 17.4 Å². The highest BCUT2D eigenvalue weighted by molar-refractivity contribution is 9.10. The predicted octanol–water partition coefficient (Wildman–Crippen LogP) is 6.00. The molecule has 2 heterocycles. The number of benzene rings is 2. The fraction of sp³-hybridized carbons (Fsp3) is 0. The van der Waals surface area contributed by atoms with Gasteiger partial charge in [0.1, 0.15) is 22.8 Å². The topological polar surface area (TPSA) is 37.8 Å². The second-order valence-electron chi connectivity index (χ2n) is 5.19. The van der Waals surface area contributed by atoms with Gasteiger partial charge in [-0.25, -0.2) is 14.4 Å². The van der Waals surface area contributed by atoms with E-state index in [1.807, 2.05) is 30.3 Å². The van der Waals surface area contributed by atoms with Crippen LogP contribution >= 0.6 is 27.3 Å². The van der Waals surface area contributed by atoms with Crippen LogP contribution in [0.4, 0.5) is 15.9 Å². The molecule has 0 aliphatic heterocycles. The number of aromatic nitrogens is 2. The van der Waals surface area contributed by atoms with Gasteiger partial charge in [-0.1, -0.05) is 34.1 Å². The molecule has 1 N–H and O–H groups in total. The highest BCUT2D eigenvalue weighted by atomic mass is 79.9. The smallest absolute Gasteiger partial charge is 0.143 e. The van der Waals surface area contributed by atoms with Gasteiger partial charge < -0.3 is 5.32 Å². The van der Waals surface area contributed by atoms with Gasteiger partial charge in [0.15, 0.2) is 0 Å². The number of halogens is 2. The number of hydrogen-bond acceptors (Lipinski definition) is 4. The summed E-state index contributed by atoms with van der Waals surface area (Å²) in [6.07, 6.45) is 1.52. The summed E-state index contributed by atoms with van der Waals surface area (Å²) in [5.74, 6) is 0.383. The van der Waals surface area contributed by atoms with Crippen molar-refractivity contribution < 1.29 is 4.39 Å². The van der Waals surface area contributed by atoms with Crippen LogP contribution in [0.15, 0.2) is 64.7 Å². The number of fused-ring (bicyclic) bond motifs is 1. The maximum absolute atomic E-state index is 13.4. The Balaban J connectivity index is 1.84. The Hall–Kier alpha value is -2.31. The summed E-state index contributed by atoms with van der Waals surface area (Å²) in [6.45, 7) is 0. The summed E-state index contributed by atoms with van der Waals surface area (Å²) in [5, 5.41) is 6.21. The van der Waals surface area contributed by atoms with E-state index in [0.29, 0.717) is 11.5 Å². The van der Waals surface area contributed by atoms with Crippen molar-refractivity contribution >= 4 is 49.0 Å². The molecule has 0 radical (unpaired) electrons. The molecule has 4 aromatic rings. The maximum Gasteiger partial charge on any atom is 0.143 e. The molecule has 0 atom stereocenters. The zero-order chi connectivity index (χ0) is 16.5. The van der Waals surface area contributed by atoms with Crippen LogP contribution < -0.4 is 5.32 Å². The minimum atomic E-state index is -0.288. The van der Waals surface area contributed by atoms with Crippen molar-refractivity contribution in [3.05, 3.63) is 70.5 Å². The van der Waals surface area contributed by atoms with E-state index in [1.165, 1.54) is 18.5 Å². The molecular weight excluding hydrogens is 389 g/mol. The van der Waals surface area contributed by atoms with Crippen molar-refractivity contribution in [2.24, 2.45) is 0 Å². The van der Waals surface area contributed by atoms with Gasteiger partial charge in [-0.2, -0.15) is 0 Å². The molecule has 0 unspecified atom stereocenters. The first kappa shape index (κ1) is 15.2. The monoisotopic (exact) mass is 399 g/mol. The lowest BCUT2D eigenvalue weighted by molar-refractivity contribution is 0.628.